The highest BCUT2D eigenvalue weighted by Gasteiger charge is 2.23. The summed E-state index contributed by atoms with van der Waals surface area (Å²) in [5.41, 5.74) is 0. The molecule has 0 spiro atoms. The first-order valence-corrected chi connectivity index (χ1v) is 4.93. The summed E-state index contributed by atoms with van der Waals surface area (Å²) in [7, 11) is 0. The van der Waals surface area contributed by atoms with Crippen LogP contribution in [0.4, 0.5) is 0 Å². The molecule has 0 aromatic carbocycles. The Morgan fingerprint density at radius 2 is 1.56 bits per heavy atom. The van der Waals surface area contributed by atoms with Gasteiger partial charge in [0.2, 0.25) is 0 Å². The number of carbonyl (C=O) groups is 3. The lowest BCUT2D eigenvalue weighted by atomic mass is 9.92. The van der Waals surface area contributed by atoms with Gasteiger partial charge in [0.1, 0.15) is 0 Å². The molecule has 0 amide bonds. The van der Waals surface area contributed by atoms with Crippen LogP contribution in [-0.2, 0) is 14.4 Å². The molecule has 0 radical (unpaired) electrons. The third kappa shape index (κ3) is 7.78. The molecule has 0 aliphatic heterocycles. The molecule has 0 aromatic heterocycles. The molecule has 0 aliphatic carbocycles. The maximum absolute atomic E-state index is 10.4. The van der Waals surface area contributed by atoms with Crippen molar-refractivity contribution in [3.63, 3.8) is 0 Å². The van der Waals surface area contributed by atoms with Crippen molar-refractivity contribution in [2.24, 2.45) is 11.8 Å². The minimum absolute atomic E-state index is 0.222. The normalized spacial score (nSPS) is 12.9. The minimum Gasteiger partial charge on any atom is -0.550 e. The average molecular weight is 233 g/mol. The second kappa shape index (κ2) is 8.70. The minimum atomic E-state index is -1.31. The van der Waals surface area contributed by atoms with Crippen LogP contribution in [0, 0.1) is 11.8 Å². The number of carboxylic acid groups (broad SMARTS) is 3. The highest BCUT2D eigenvalue weighted by molar-refractivity contribution is 5.78. The molecule has 2 unspecified atom stereocenters. The number of rotatable bonds is 5. The zero-order valence-electron chi connectivity index (χ0n) is 9.60. The Morgan fingerprint density at radius 3 is 1.62 bits per heavy atom. The number of hydrogen-bond donors (Lipinski definition) is 2. The van der Waals surface area contributed by atoms with Crippen molar-refractivity contribution in [3.05, 3.63) is 0 Å². The summed E-state index contributed by atoms with van der Waals surface area (Å²) < 4.78 is 0. The lowest BCUT2D eigenvalue weighted by Gasteiger charge is -2.18. The van der Waals surface area contributed by atoms with Crippen LogP contribution in [0.2, 0.25) is 0 Å². The Bertz CT molecular complexity index is 248. The number of hydrogen-bond acceptors (Lipinski definition) is 4. The lowest BCUT2D eigenvalue weighted by Crippen LogP contribution is -2.36. The monoisotopic (exact) mass is 233 g/mol. The summed E-state index contributed by atoms with van der Waals surface area (Å²) >= 11 is 0. The molecule has 0 rings (SSSR count). The number of carbonyl (C=O) groups excluding carboxylic acids is 1. The number of carboxylic acids is 3. The zero-order valence-corrected chi connectivity index (χ0v) is 9.60. The second-order valence-electron chi connectivity index (χ2n) is 3.21. The summed E-state index contributed by atoms with van der Waals surface area (Å²) in [5.74, 6) is -4.88. The fourth-order valence-corrected chi connectivity index (χ4v) is 0.906. The van der Waals surface area contributed by atoms with Crippen LogP contribution in [-0.4, -0.2) is 28.1 Å². The topological polar surface area (TPSA) is 115 Å². The van der Waals surface area contributed by atoms with Crippen LogP contribution in [0.3, 0.4) is 0 Å². The van der Waals surface area contributed by atoms with Gasteiger partial charge in [-0.25, -0.2) is 0 Å². The van der Waals surface area contributed by atoms with E-state index in [0.29, 0.717) is 6.42 Å². The van der Waals surface area contributed by atoms with Crippen molar-refractivity contribution in [2.45, 2.75) is 33.6 Å². The first-order valence-electron chi connectivity index (χ1n) is 4.93. The van der Waals surface area contributed by atoms with E-state index < -0.39 is 29.7 Å². The molecule has 2 atom stereocenters. The zero-order chi connectivity index (χ0) is 13.3. The van der Waals surface area contributed by atoms with Crippen LogP contribution < -0.4 is 5.11 Å². The maximum atomic E-state index is 10.4. The van der Waals surface area contributed by atoms with Crippen molar-refractivity contribution in [3.8, 4) is 0 Å². The molecule has 0 bridgehead atoms. The van der Waals surface area contributed by atoms with Gasteiger partial charge in [-0.3, -0.25) is 9.59 Å². The maximum Gasteiger partial charge on any atom is 0.307 e. The van der Waals surface area contributed by atoms with Crippen molar-refractivity contribution in [2.75, 3.05) is 0 Å². The van der Waals surface area contributed by atoms with Crippen LogP contribution in [0.15, 0.2) is 0 Å². The number of aliphatic carboxylic acids is 3. The molecule has 0 saturated carbocycles. The first kappa shape index (κ1) is 16.8. The highest BCUT2D eigenvalue weighted by Crippen LogP contribution is 2.14. The van der Waals surface area contributed by atoms with E-state index in [1.165, 1.54) is 6.92 Å². The van der Waals surface area contributed by atoms with Gasteiger partial charge >= 0.3 is 11.9 Å². The second-order valence-corrected chi connectivity index (χ2v) is 3.21. The molecular formula is C10H17O6-. The van der Waals surface area contributed by atoms with E-state index in [-0.39, 0.29) is 6.42 Å². The molecule has 0 fully saturated rings. The Morgan fingerprint density at radius 1 is 1.19 bits per heavy atom. The average Bonchev–Trinajstić information content (AvgIpc) is 2.18. The van der Waals surface area contributed by atoms with Crippen LogP contribution in [0.1, 0.15) is 33.6 Å². The van der Waals surface area contributed by atoms with Crippen molar-refractivity contribution in [1.82, 2.24) is 0 Å². The van der Waals surface area contributed by atoms with Crippen LogP contribution in [0.25, 0.3) is 0 Å². The Labute approximate surface area is 93.9 Å². The Hall–Kier alpha value is -1.59. The molecule has 2 N–H and O–H groups in total. The van der Waals surface area contributed by atoms with Gasteiger partial charge in [-0.2, -0.15) is 0 Å². The highest BCUT2D eigenvalue weighted by atomic mass is 16.4. The van der Waals surface area contributed by atoms with E-state index in [1.807, 2.05) is 0 Å². The van der Waals surface area contributed by atoms with Gasteiger partial charge in [0.05, 0.1) is 5.92 Å². The molecule has 6 heteroatoms. The van der Waals surface area contributed by atoms with Crippen LogP contribution >= 0.6 is 0 Å². The molecule has 16 heavy (non-hydrogen) atoms. The predicted octanol–water partition coefficient (Wildman–Crippen LogP) is -0.0358. The summed E-state index contributed by atoms with van der Waals surface area (Å²) in [5, 5.41) is 26.5. The largest absolute Gasteiger partial charge is 0.550 e. The van der Waals surface area contributed by atoms with Crippen LogP contribution in [0.5, 0.6) is 0 Å². The summed E-state index contributed by atoms with van der Waals surface area (Å²) in [6, 6.07) is 0. The van der Waals surface area contributed by atoms with E-state index >= 15 is 0 Å². The lowest BCUT2D eigenvalue weighted by molar-refractivity contribution is -0.312. The van der Waals surface area contributed by atoms with E-state index in [1.54, 1.807) is 13.8 Å². The van der Waals surface area contributed by atoms with E-state index in [9.17, 15) is 19.5 Å². The van der Waals surface area contributed by atoms with Gasteiger partial charge in [0.15, 0.2) is 0 Å². The van der Waals surface area contributed by atoms with Gasteiger partial charge < -0.3 is 20.1 Å². The van der Waals surface area contributed by atoms with Gasteiger partial charge in [-0.15, -0.1) is 0 Å². The van der Waals surface area contributed by atoms with Crippen molar-refractivity contribution < 1.29 is 29.7 Å². The smallest absolute Gasteiger partial charge is 0.307 e. The summed E-state index contributed by atoms with van der Waals surface area (Å²) in [4.78, 5) is 30.0. The Kier molecular flexibility index (Phi) is 9.15. The van der Waals surface area contributed by atoms with E-state index in [2.05, 4.69) is 0 Å². The molecular weight excluding hydrogens is 216 g/mol. The third-order valence-corrected chi connectivity index (χ3v) is 2.03. The molecule has 6 nitrogen and oxygen atoms in total. The molecule has 0 heterocycles. The fourth-order valence-electron chi connectivity index (χ4n) is 0.906. The van der Waals surface area contributed by atoms with Gasteiger partial charge in [-0.05, 0) is 6.42 Å². The third-order valence-electron chi connectivity index (χ3n) is 2.03. The van der Waals surface area contributed by atoms with E-state index in [4.69, 9.17) is 10.2 Å². The summed E-state index contributed by atoms with van der Waals surface area (Å²) in [6.07, 6.45) is 0.532. The predicted molar refractivity (Wildman–Crippen MR) is 53.5 cm³/mol. The quantitative estimate of drug-likeness (QED) is 0.688. The Balaban J connectivity index is 0. The standard InChI is InChI=1S/C7H12O4.C3H6O2/c1-3-5(7(10)11)4(2)6(8)9;1-2-3(4)5/h4-5H,3H2,1-2H3,(H,8,9)(H,10,11);2H2,1H3,(H,4,5)/p-1. The van der Waals surface area contributed by atoms with Gasteiger partial charge in [0.25, 0.3) is 0 Å². The van der Waals surface area contributed by atoms with Crippen molar-refractivity contribution >= 4 is 17.9 Å². The van der Waals surface area contributed by atoms with Gasteiger partial charge in [-0.1, -0.05) is 20.8 Å². The van der Waals surface area contributed by atoms with E-state index in [0.717, 1.165) is 0 Å². The molecule has 0 aliphatic rings. The van der Waals surface area contributed by atoms with Gasteiger partial charge in [0, 0.05) is 18.3 Å². The first-order chi connectivity index (χ1) is 7.27. The van der Waals surface area contributed by atoms with Crippen molar-refractivity contribution in [1.29, 1.82) is 0 Å². The molecule has 94 valence electrons. The SMILES string of the molecule is CCC(=O)O.CCC(C(=O)O)C(C)C(=O)[O-]. The fraction of sp³-hybridized carbons (Fsp3) is 0.700. The summed E-state index contributed by atoms with van der Waals surface area (Å²) in [6.45, 7) is 4.58. The molecule has 0 aromatic rings. The molecule has 0 saturated heterocycles.